The first-order valence-electron chi connectivity index (χ1n) is 11.8. The first-order valence-corrected chi connectivity index (χ1v) is 11.8. The lowest BCUT2D eigenvalue weighted by molar-refractivity contribution is -0.148. The molecule has 182 valence electrons. The number of hydrogen-bond donors (Lipinski definition) is 3. The lowest BCUT2D eigenvalue weighted by atomic mass is 9.61. The summed E-state index contributed by atoms with van der Waals surface area (Å²) in [4.78, 5) is 27.9. The molecular weight excluding hydrogens is 452 g/mol. The Balaban J connectivity index is 1.63. The van der Waals surface area contributed by atoms with Gasteiger partial charge < -0.3 is 15.4 Å². The van der Waals surface area contributed by atoms with Gasteiger partial charge in [0.1, 0.15) is 11.5 Å². The van der Waals surface area contributed by atoms with Crippen LogP contribution in [0.5, 0.6) is 0 Å². The van der Waals surface area contributed by atoms with Crippen molar-refractivity contribution >= 4 is 22.8 Å². The normalized spacial score (nSPS) is 23.7. The Bertz CT molecular complexity index is 1360. The molecule has 0 amide bonds. The molecule has 0 saturated heterocycles. The molecule has 35 heavy (non-hydrogen) atoms. The van der Waals surface area contributed by atoms with Gasteiger partial charge in [-0.15, -0.1) is 0 Å². The maximum absolute atomic E-state index is 15.7. The van der Waals surface area contributed by atoms with Crippen molar-refractivity contribution in [3.63, 3.8) is 0 Å². The van der Waals surface area contributed by atoms with Crippen LogP contribution < -0.4 is 5.32 Å². The van der Waals surface area contributed by atoms with Crippen molar-refractivity contribution < 1.29 is 18.7 Å². The van der Waals surface area contributed by atoms with Gasteiger partial charge in [0, 0.05) is 28.6 Å². The van der Waals surface area contributed by atoms with Crippen LogP contribution in [-0.2, 0) is 4.79 Å². The number of carboxylic acids is 1. The van der Waals surface area contributed by atoms with Crippen molar-refractivity contribution in [3.8, 4) is 23.2 Å². The minimum atomic E-state index is -0.877. The predicted molar refractivity (Wildman–Crippen MR) is 127 cm³/mol. The SMILES string of the molecule is CC(C)(C)C#Cc1nc(-c2c[nH]c3ncc(F)cc23)nc(N[C@H]2C3CCC(CC3)[C@@H]2C(=O)O)c1F. The highest BCUT2D eigenvalue weighted by Gasteiger charge is 2.47. The number of aromatic amines is 1. The topological polar surface area (TPSA) is 104 Å². The summed E-state index contributed by atoms with van der Waals surface area (Å²) in [6.45, 7) is 5.72. The average Bonchev–Trinajstić information content (AvgIpc) is 3.22. The first kappa shape index (κ1) is 23.2. The van der Waals surface area contributed by atoms with Gasteiger partial charge in [0.15, 0.2) is 23.2 Å². The number of aromatic nitrogens is 4. The van der Waals surface area contributed by atoms with Crippen LogP contribution >= 0.6 is 0 Å². The summed E-state index contributed by atoms with van der Waals surface area (Å²) in [5, 5.41) is 13.5. The molecule has 9 heteroatoms. The molecule has 2 bridgehead atoms. The van der Waals surface area contributed by atoms with E-state index in [9.17, 15) is 14.3 Å². The van der Waals surface area contributed by atoms with Crippen LogP contribution in [0, 0.1) is 46.6 Å². The number of pyridine rings is 1. The van der Waals surface area contributed by atoms with Gasteiger partial charge in [-0.3, -0.25) is 4.79 Å². The number of nitrogens with zero attached hydrogens (tertiary/aromatic N) is 3. The van der Waals surface area contributed by atoms with Gasteiger partial charge in [-0.25, -0.2) is 19.3 Å². The van der Waals surface area contributed by atoms with E-state index in [2.05, 4.69) is 37.1 Å². The van der Waals surface area contributed by atoms with Crippen LogP contribution in [0.15, 0.2) is 18.5 Å². The number of anilines is 1. The van der Waals surface area contributed by atoms with Crippen molar-refractivity contribution in [2.24, 2.45) is 23.2 Å². The molecule has 3 saturated carbocycles. The Hall–Kier alpha value is -3.54. The number of carbonyl (C=O) groups is 1. The van der Waals surface area contributed by atoms with E-state index >= 15 is 4.39 Å². The van der Waals surface area contributed by atoms with E-state index in [0.29, 0.717) is 16.6 Å². The van der Waals surface area contributed by atoms with Crippen LogP contribution in [0.3, 0.4) is 0 Å². The van der Waals surface area contributed by atoms with E-state index in [0.717, 1.165) is 31.9 Å². The highest BCUT2D eigenvalue weighted by atomic mass is 19.1. The molecule has 0 aromatic carbocycles. The fraction of sp³-hybridized carbons (Fsp3) is 0.462. The zero-order valence-corrected chi connectivity index (χ0v) is 19.8. The van der Waals surface area contributed by atoms with Crippen LogP contribution in [0.1, 0.15) is 52.1 Å². The van der Waals surface area contributed by atoms with Crippen LogP contribution in [0.4, 0.5) is 14.6 Å². The minimum Gasteiger partial charge on any atom is -0.481 e. The van der Waals surface area contributed by atoms with Gasteiger partial charge >= 0.3 is 5.97 Å². The van der Waals surface area contributed by atoms with Gasteiger partial charge in [0.25, 0.3) is 0 Å². The molecule has 3 aromatic rings. The van der Waals surface area contributed by atoms with Crippen LogP contribution in [0.25, 0.3) is 22.4 Å². The Morgan fingerprint density at radius 3 is 2.57 bits per heavy atom. The monoisotopic (exact) mass is 479 g/mol. The highest BCUT2D eigenvalue weighted by Crippen LogP contribution is 2.46. The summed E-state index contributed by atoms with van der Waals surface area (Å²) >= 11 is 0. The maximum atomic E-state index is 15.7. The average molecular weight is 480 g/mol. The van der Waals surface area contributed by atoms with E-state index < -0.39 is 35.0 Å². The van der Waals surface area contributed by atoms with Gasteiger partial charge in [0.2, 0.25) is 0 Å². The third kappa shape index (κ3) is 4.45. The molecule has 6 rings (SSSR count). The first-order chi connectivity index (χ1) is 16.6. The zero-order chi connectivity index (χ0) is 24.9. The van der Waals surface area contributed by atoms with E-state index in [-0.39, 0.29) is 29.2 Å². The molecule has 3 aromatic heterocycles. The third-order valence-electron chi connectivity index (χ3n) is 6.95. The van der Waals surface area contributed by atoms with Gasteiger partial charge in [-0.05, 0) is 70.3 Å². The van der Waals surface area contributed by atoms with Gasteiger partial charge in [0.05, 0.1) is 12.1 Å². The maximum Gasteiger partial charge on any atom is 0.308 e. The van der Waals surface area contributed by atoms with E-state index in [1.165, 1.54) is 6.07 Å². The number of rotatable bonds is 4. The molecule has 3 N–H and O–H groups in total. The second-order valence-corrected chi connectivity index (χ2v) is 10.5. The van der Waals surface area contributed by atoms with Crippen molar-refractivity contribution in [1.29, 1.82) is 0 Å². The molecule has 2 atom stereocenters. The van der Waals surface area contributed by atoms with Crippen molar-refractivity contribution in [2.45, 2.75) is 52.5 Å². The molecule has 7 nitrogen and oxygen atoms in total. The number of nitrogens with one attached hydrogen (secondary N) is 2. The van der Waals surface area contributed by atoms with Crippen molar-refractivity contribution in [2.75, 3.05) is 5.32 Å². The fourth-order valence-corrected chi connectivity index (χ4v) is 5.33. The number of fused-ring (bicyclic) bond motifs is 4. The molecule has 0 aliphatic heterocycles. The summed E-state index contributed by atoms with van der Waals surface area (Å²) in [6, 6.07) is 0.873. The summed E-state index contributed by atoms with van der Waals surface area (Å²) in [7, 11) is 0. The van der Waals surface area contributed by atoms with Crippen molar-refractivity contribution in [3.05, 3.63) is 35.8 Å². The van der Waals surface area contributed by atoms with E-state index in [4.69, 9.17) is 0 Å². The van der Waals surface area contributed by atoms with Gasteiger partial charge in [-0.2, -0.15) is 4.39 Å². The lowest BCUT2D eigenvalue weighted by Crippen LogP contribution is -2.51. The summed E-state index contributed by atoms with van der Waals surface area (Å²) < 4.78 is 29.6. The molecule has 3 fully saturated rings. The van der Waals surface area contributed by atoms with Crippen LogP contribution in [0.2, 0.25) is 0 Å². The number of halogens is 2. The standard InChI is InChI=1S/C26H27F2N5O2/c1-26(2,3)9-8-18-20(28)24(32-21-14-6-4-13(5-7-14)19(21)25(34)35)33-23(31-18)17-12-30-22-16(17)10-15(27)11-29-22/h10-14,19,21H,4-7H2,1-3H3,(H,29,30)(H,34,35)(H,31,32,33)/t13?,14?,19-,21-/m0/s1. The number of H-pyrrole nitrogens is 1. The van der Waals surface area contributed by atoms with E-state index in [1.54, 1.807) is 6.20 Å². The molecule has 0 unspecified atom stereocenters. The summed E-state index contributed by atoms with van der Waals surface area (Å²) in [5.41, 5.74) is 0.407. The fourth-order valence-electron chi connectivity index (χ4n) is 5.33. The Morgan fingerprint density at radius 2 is 1.89 bits per heavy atom. The third-order valence-corrected chi connectivity index (χ3v) is 6.95. The molecule has 3 aliphatic rings. The van der Waals surface area contributed by atoms with Crippen LogP contribution in [-0.4, -0.2) is 37.1 Å². The molecule has 3 aliphatic carbocycles. The number of carboxylic acid groups (broad SMARTS) is 1. The Morgan fingerprint density at radius 1 is 1.17 bits per heavy atom. The van der Waals surface area contributed by atoms with E-state index in [1.807, 2.05) is 20.8 Å². The second-order valence-electron chi connectivity index (χ2n) is 10.5. The largest absolute Gasteiger partial charge is 0.481 e. The zero-order valence-electron chi connectivity index (χ0n) is 19.8. The second kappa shape index (κ2) is 8.59. The number of hydrogen-bond acceptors (Lipinski definition) is 5. The number of aliphatic carboxylic acids is 1. The molecule has 3 heterocycles. The summed E-state index contributed by atoms with van der Waals surface area (Å²) in [5.74, 6) is 3.34. The minimum absolute atomic E-state index is 0.0576. The Labute approximate surface area is 201 Å². The lowest BCUT2D eigenvalue weighted by Gasteiger charge is -2.47. The molecular formula is C26H27F2N5O2. The Kier molecular flexibility index (Phi) is 5.70. The van der Waals surface area contributed by atoms with Crippen molar-refractivity contribution in [1.82, 2.24) is 19.9 Å². The molecule has 0 radical (unpaired) electrons. The predicted octanol–water partition coefficient (Wildman–Crippen LogP) is 5.00. The quantitative estimate of drug-likeness (QED) is 0.455. The smallest absolute Gasteiger partial charge is 0.308 e. The highest BCUT2D eigenvalue weighted by molar-refractivity contribution is 5.91. The molecule has 0 spiro atoms. The summed E-state index contributed by atoms with van der Waals surface area (Å²) in [6.07, 6.45) is 6.23. The van der Waals surface area contributed by atoms with Gasteiger partial charge in [-0.1, -0.05) is 5.92 Å².